The maximum absolute atomic E-state index is 12.7. The molecule has 7 nitrogen and oxygen atoms in total. The minimum Gasteiger partial charge on any atom is -0.383 e. The number of nitrogens with zero attached hydrogens (tertiary/aromatic N) is 3. The van der Waals surface area contributed by atoms with Crippen LogP contribution >= 0.6 is 0 Å². The first kappa shape index (κ1) is 16.9. The van der Waals surface area contributed by atoms with E-state index in [1.807, 2.05) is 13.0 Å². The minimum absolute atomic E-state index is 0.0141. The lowest BCUT2D eigenvalue weighted by atomic mass is 9.98. The van der Waals surface area contributed by atoms with E-state index in [-0.39, 0.29) is 30.6 Å². The van der Waals surface area contributed by atoms with Crippen LogP contribution < -0.4 is 0 Å². The number of carbonyl (C=O) groups excluding carboxylic acids is 2. The van der Waals surface area contributed by atoms with Crippen molar-refractivity contribution in [2.24, 2.45) is 0 Å². The summed E-state index contributed by atoms with van der Waals surface area (Å²) in [6.07, 6.45) is 2.32. The van der Waals surface area contributed by atoms with Crippen molar-refractivity contribution in [3.8, 4) is 0 Å². The summed E-state index contributed by atoms with van der Waals surface area (Å²) < 4.78 is 10.8. The van der Waals surface area contributed by atoms with E-state index in [1.165, 1.54) is 0 Å². The van der Waals surface area contributed by atoms with Crippen LogP contribution in [0.4, 0.5) is 0 Å². The molecule has 2 fully saturated rings. The molecule has 3 heterocycles. The predicted octanol–water partition coefficient (Wildman–Crippen LogP) is 0.478. The van der Waals surface area contributed by atoms with Gasteiger partial charge in [-0.1, -0.05) is 0 Å². The van der Waals surface area contributed by atoms with E-state index in [2.05, 4.69) is 4.98 Å². The Hall–Kier alpha value is -1.99. The lowest BCUT2D eigenvalue weighted by Crippen LogP contribution is -2.63. The second-order valence-electron chi connectivity index (χ2n) is 6.22. The van der Waals surface area contributed by atoms with Crippen LogP contribution in [0.5, 0.6) is 0 Å². The van der Waals surface area contributed by atoms with Gasteiger partial charge in [0, 0.05) is 38.6 Å². The predicted molar refractivity (Wildman–Crippen MR) is 86.6 cm³/mol. The number of hydrogen-bond acceptors (Lipinski definition) is 5. The zero-order chi connectivity index (χ0) is 17.1. The number of methoxy groups -OCH3 is 1. The average molecular weight is 333 g/mol. The van der Waals surface area contributed by atoms with Crippen molar-refractivity contribution >= 4 is 11.8 Å². The Kier molecular flexibility index (Phi) is 5.11. The van der Waals surface area contributed by atoms with Gasteiger partial charge >= 0.3 is 0 Å². The molecule has 0 spiro atoms. The van der Waals surface area contributed by atoms with Crippen molar-refractivity contribution in [3.63, 3.8) is 0 Å². The summed E-state index contributed by atoms with van der Waals surface area (Å²) in [5.74, 6) is -0.0923. The van der Waals surface area contributed by atoms with Crippen LogP contribution in [0, 0.1) is 6.92 Å². The number of piperidine rings is 1. The van der Waals surface area contributed by atoms with Crippen molar-refractivity contribution in [2.75, 3.05) is 40.0 Å². The molecule has 130 valence electrons. The fourth-order valence-corrected chi connectivity index (χ4v) is 3.29. The van der Waals surface area contributed by atoms with Crippen LogP contribution in [0.2, 0.25) is 0 Å². The van der Waals surface area contributed by atoms with E-state index in [9.17, 15) is 9.59 Å². The first-order chi connectivity index (χ1) is 11.6. The highest BCUT2D eigenvalue weighted by Crippen LogP contribution is 2.24. The zero-order valence-electron chi connectivity index (χ0n) is 14.1. The van der Waals surface area contributed by atoms with E-state index in [0.717, 1.165) is 12.1 Å². The number of fused-ring (bicyclic) bond motifs is 1. The Bertz CT molecular complexity index is 604. The SMILES string of the molecule is COCCN1C(=O)CO[C@@H]2CCN(C(=O)c3ccc(C)nc3)C[C@@H]21. The summed E-state index contributed by atoms with van der Waals surface area (Å²) in [6, 6.07) is 3.51. The number of likely N-dealkylation sites (tertiary alicyclic amines) is 1. The average Bonchev–Trinajstić information content (AvgIpc) is 2.60. The molecule has 0 radical (unpaired) electrons. The number of aryl methyl sites for hydroxylation is 1. The normalized spacial score (nSPS) is 24.0. The third-order valence-electron chi connectivity index (χ3n) is 4.64. The van der Waals surface area contributed by atoms with Gasteiger partial charge in [0.25, 0.3) is 5.91 Å². The second-order valence-corrected chi connectivity index (χ2v) is 6.22. The molecule has 0 saturated carbocycles. The molecule has 0 aromatic carbocycles. The molecule has 1 aromatic rings. The number of rotatable bonds is 4. The van der Waals surface area contributed by atoms with E-state index >= 15 is 0 Å². The quantitative estimate of drug-likeness (QED) is 0.801. The summed E-state index contributed by atoms with van der Waals surface area (Å²) in [7, 11) is 1.61. The highest BCUT2D eigenvalue weighted by Gasteiger charge is 2.41. The Morgan fingerprint density at radius 3 is 3.00 bits per heavy atom. The monoisotopic (exact) mass is 333 g/mol. The number of hydrogen-bond donors (Lipinski definition) is 0. The van der Waals surface area contributed by atoms with Crippen LogP contribution in [-0.2, 0) is 14.3 Å². The van der Waals surface area contributed by atoms with Gasteiger partial charge in [0.15, 0.2) is 0 Å². The molecular weight excluding hydrogens is 310 g/mol. The van der Waals surface area contributed by atoms with Crippen LogP contribution in [0.3, 0.4) is 0 Å². The molecule has 3 rings (SSSR count). The largest absolute Gasteiger partial charge is 0.383 e. The van der Waals surface area contributed by atoms with Crippen molar-refractivity contribution in [1.29, 1.82) is 0 Å². The van der Waals surface area contributed by atoms with Gasteiger partial charge in [0.2, 0.25) is 5.91 Å². The number of pyridine rings is 1. The van der Waals surface area contributed by atoms with Gasteiger partial charge in [0.1, 0.15) is 6.61 Å². The number of carbonyl (C=O) groups is 2. The Morgan fingerprint density at radius 2 is 2.29 bits per heavy atom. The fourth-order valence-electron chi connectivity index (χ4n) is 3.29. The Morgan fingerprint density at radius 1 is 1.46 bits per heavy atom. The van der Waals surface area contributed by atoms with E-state index in [1.54, 1.807) is 29.2 Å². The van der Waals surface area contributed by atoms with Gasteiger partial charge in [-0.05, 0) is 25.5 Å². The summed E-state index contributed by atoms with van der Waals surface area (Å²) in [5, 5.41) is 0. The molecule has 1 aromatic heterocycles. The van der Waals surface area contributed by atoms with Gasteiger partial charge in [-0.15, -0.1) is 0 Å². The number of morpholine rings is 1. The van der Waals surface area contributed by atoms with Gasteiger partial charge < -0.3 is 19.3 Å². The highest BCUT2D eigenvalue weighted by molar-refractivity contribution is 5.94. The molecule has 2 amide bonds. The van der Waals surface area contributed by atoms with Gasteiger partial charge in [-0.2, -0.15) is 0 Å². The first-order valence-corrected chi connectivity index (χ1v) is 8.22. The van der Waals surface area contributed by atoms with Crippen molar-refractivity contribution < 1.29 is 19.1 Å². The summed E-state index contributed by atoms with van der Waals surface area (Å²) in [5.41, 5.74) is 1.45. The van der Waals surface area contributed by atoms with Crippen molar-refractivity contribution in [3.05, 3.63) is 29.6 Å². The summed E-state index contributed by atoms with van der Waals surface area (Å²) in [6.45, 7) is 4.10. The molecule has 7 heteroatoms. The smallest absolute Gasteiger partial charge is 0.255 e. The van der Waals surface area contributed by atoms with Crippen LogP contribution in [0.25, 0.3) is 0 Å². The Balaban J connectivity index is 1.72. The zero-order valence-corrected chi connectivity index (χ0v) is 14.1. The van der Waals surface area contributed by atoms with E-state index in [0.29, 0.717) is 31.8 Å². The number of amides is 2. The molecule has 2 aliphatic rings. The molecule has 0 bridgehead atoms. The second kappa shape index (κ2) is 7.27. The van der Waals surface area contributed by atoms with Crippen LogP contribution in [0.1, 0.15) is 22.5 Å². The molecule has 0 unspecified atom stereocenters. The van der Waals surface area contributed by atoms with Crippen molar-refractivity contribution in [1.82, 2.24) is 14.8 Å². The van der Waals surface area contributed by atoms with Gasteiger partial charge in [-0.3, -0.25) is 14.6 Å². The number of aromatic nitrogens is 1. The minimum atomic E-state index is -0.113. The molecule has 2 atom stereocenters. The van der Waals surface area contributed by atoms with Crippen molar-refractivity contribution in [2.45, 2.75) is 25.5 Å². The third-order valence-corrected chi connectivity index (χ3v) is 4.64. The summed E-state index contributed by atoms with van der Waals surface area (Å²) >= 11 is 0. The van der Waals surface area contributed by atoms with Crippen LogP contribution in [0.15, 0.2) is 18.3 Å². The standard InChI is InChI=1S/C17H23N3O4/c1-12-3-4-13(9-18-12)17(22)19-6-5-15-14(10-19)20(7-8-23-2)16(21)11-24-15/h3-4,9,14-15H,5-8,10-11H2,1-2H3/t14-,15+/m0/s1. The maximum atomic E-state index is 12.7. The number of ether oxygens (including phenoxy) is 2. The van der Waals surface area contributed by atoms with Gasteiger partial charge in [-0.25, -0.2) is 0 Å². The lowest BCUT2D eigenvalue weighted by Gasteiger charge is -2.46. The topological polar surface area (TPSA) is 72.0 Å². The third kappa shape index (κ3) is 3.42. The van der Waals surface area contributed by atoms with E-state index < -0.39 is 0 Å². The van der Waals surface area contributed by atoms with E-state index in [4.69, 9.17) is 9.47 Å². The molecule has 0 aliphatic carbocycles. The molecule has 2 saturated heterocycles. The van der Waals surface area contributed by atoms with Gasteiger partial charge in [0.05, 0.1) is 24.3 Å². The molecule has 0 N–H and O–H groups in total. The summed E-state index contributed by atoms with van der Waals surface area (Å²) in [4.78, 5) is 32.6. The fraction of sp³-hybridized carbons (Fsp3) is 0.588. The molecular formula is C17H23N3O4. The Labute approximate surface area is 141 Å². The molecule has 24 heavy (non-hydrogen) atoms. The molecule has 2 aliphatic heterocycles. The lowest BCUT2D eigenvalue weighted by molar-refractivity contribution is -0.163. The first-order valence-electron chi connectivity index (χ1n) is 8.22. The van der Waals surface area contributed by atoms with Crippen LogP contribution in [-0.4, -0.2) is 78.7 Å². The highest BCUT2D eigenvalue weighted by atomic mass is 16.5. The maximum Gasteiger partial charge on any atom is 0.255 e.